The van der Waals surface area contributed by atoms with Crippen LogP contribution in [-0.2, 0) is 9.47 Å². The number of hydrogen-bond acceptors (Lipinski definition) is 5. The van der Waals surface area contributed by atoms with Crippen molar-refractivity contribution in [1.29, 1.82) is 0 Å². The van der Waals surface area contributed by atoms with Gasteiger partial charge in [0.2, 0.25) is 0 Å². The number of aryl methyl sites for hydroxylation is 1. The lowest BCUT2D eigenvalue weighted by molar-refractivity contribution is -0.385. The molecule has 1 unspecified atom stereocenters. The molecule has 0 amide bonds. The van der Waals surface area contributed by atoms with Crippen LogP contribution in [0.4, 0.5) is 11.4 Å². The van der Waals surface area contributed by atoms with E-state index in [0.29, 0.717) is 25.3 Å². The van der Waals surface area contributed by atoms with E-state index in [2.05, 4.69) is 5.32 Å². The third-order valence-electron chi connectivity index (χ3n) is 3.30. The third-order valence-corrected chi connectivity index (χ3v) is 3.30. The van der Waals surface area contributed by atoms with Gasteiger partial charge in [0.05, 0.1) is 24.2 Å². The zero-order chi connectivity index (χ0) is 14.4. The smallest absolute Gasteiger partial charge is 0.272 e. The van der Waals surface area contributed by atoms with Gasteiger partial charge in [-0.1, -0.05) is 0 Å². The lowest BCUT2D eigenvalue weighted by Crippen LogP contribution is -2.17. The van der Waals surface area contributed by atoms with Crippen molar-refractivity contribution in [3.05, 3.63) is 33.9 Å². The minimum absolute atomic E-state index is 0.144. The van der Waals surface area contributed by atoms with E-state index in [-0.39, 0.29) is 16.7 Å². The Morgan fingerprint density at radius 1 is 1.55 bits per heavy atom. The number of nitro groups is 1. The highest BCUT2D eigenvalue weighted by Gasteiger charge is 2.15. The predicted octanol–water partition coefficient (Wildman–Crippen LogP) is 2.51. The fraction of sp³-hybridized carbons (Fsp3) is 0.571. The minimum Gasteiger partial charge on any atom is -0.383 e. The van der Waals surface area contributed by atoms with Gasteiger partial charge in [-0.25, -0.2) is 0 Å². The zero-order valence-electron chi connectivity index (χ0n) is 11.6. The lowest BCUT2D eigenvalue weighted by atomic mass is 10.2. The summed E-state index contributed by atoms with van der Waals surface area (Å²) < 4.78 is 11.0. The number of ether oxygens (including phenoxy) is 2. The first kappa shape index (κ1) is 14.7. The predicted molar refractivity (Wildman–Crippen MR) is 76.1 cm³/mol. The molecule has 0 radical (unpaired) electrons. The average Bonchev–Trinajstić information content (AvgIpc) is 2.91. The molecule has 1 N–H and O–H groups in total. The molecule has 0 aliphatic carbocycles. The van der Waals surface area contributed by atoms with Crippen molar-refractivity contribution >= 4 is 11.4 Å². The second-order valence-electron chi connectivity index (χ2n) is 4.90. The third kappa shape index (κ3) is 4.18. The van der Waals surface area contributed by atoms with Crippen LogP contribution in [0.5, 0.6) is 0 Å². The maximum Gasteiger partial charge on any atom is 0.272 e. The molecule has 6 nitrogen and oxygen atoms in total. The molecule has 1 fully saturated rings. The summed E-state index contributed by atoms with van der Waals surface area (Å²) in [5, 5.41) is 13.9. The standard InChI is InChI=1S/C14H20N2O4/c1-11-9-12(4-5-14(11)16(17)18)15-6-8-19-10-13-3-2-7-20-13/h4-5,9,13,15H,2-3,6-8,10H2,1H3. The first-order chi connectivity index (χ1) is 9.66. The van der Waals surface area contributed by atoms with Gasteiger partial charge in [0, 0.05) is 30.5 Å². The van der Waals surface area contributed by atoms with Crippen molar-refractivity contribution in [2.75, 3.05) is 31.7 Å². The van der Waals surface area contributed by atoms with Crippen LogP contribution in [-0.4, -0.2) is 37.4 Å². The van der Waals surface area contributed by atoms with Crippen molar-refractivity contribution < 1.29 is 14.4 Å². The highest BCUT2D eigenvalue weighted by atomic mass is 16.6. The number of hydrogen-bond donors (Lipinski definition) is 1. The van der Waals surface area contributed by atoms with Gasteiger partial charge in [0.15, 0.2) is 0 Å². The number of rotatable bonds is 7. The van der Waals surface area contributed by atoms with E-state index in [1.807, 2.05) is 0 Å². The van der Waals surface area contributed by atoms with Crippen LogP contribution in [0.15, 0.2) is 18.2 Å². The highest BCUT2D eigenvalue weighted by Crippen LogP contribution is 2.21. The summed E-state index contributed by atoms with van der Waals surface area (Å²) in [5.74, 6) is 0. The number of nitro benzene ring substituents is 1. The Morgan fingerprint density at radius 2 is 2.40 bits per heavy atom. The summed E-state index contributed by atoms with van der Waals surface area (Å²) in [5.41, 5.74) is 1.67. The Hall–Kier alpha value is -1.66. The molecular weight excluding hydrogens is 260 g/mol. The number of benzene rings is 1. The molecule has 1 aromatic rings. The molecule has 0 spiro atoms. The largest absolute Gasteiger partial charge is 0.383 e. The maximum atomic E-state index is 10.7. The highest BCUT2D eigenvalue weighted by molar-refractivity contribution is 5.53. The molecule has 0 aromatic heterocycles. The van der Waals surface area contributed by atoms with Gasteiger partial charge in [-0.15, -0.1) is 0 Å². The number of nitrogens with one attached hydrogen (secondary N) is 1. The Kier molecular flexibility index (Phi) is 5.31. The van der Waals surface area contributed by atoms with Crippen molar-refractivity contribution in [2.24, 2.45) is 0 Å². The molecule has 2 rings (SSSR count). The molecule has 1 saturated heterocycles. The molecule has 1 atom stereocenters. The number of anilines is 1. The van der Waals surface area contributed by atoms with Crippen LogP contribution in [0.1, 0.15) is 18.4 Å². The molecule has 20 heavy (non-hydrogen) atoms. The van der Waals surface area contributed by atoms with E-state index in [0.717, 1.165) is 25.1 Å². The Bertz CT molecular complexity index is 458. The van der Waals surface area contributed by atoms with Crippen molar-refractivity contribution in [2.45, 2.75) is 25.9 Å². The summed E-state index contributed by atoms with van der Waals surface area (Å²) in [7, 11) is 0. The second kappa shape index (κ2) is 7.21. The van der Waals surface area contributed by atoms with Crippen molar-refractivity contribution in [3.8, 4) is 0 Å². The zero-order valence-corrected chi connectivity index (χ0v) is 11.6. The summed E-state index contributed by atoms with van der Waals surface area (Å²) in [6.45, 7) is 4.48. The van der Waals surface area contributed by atoms with Crippen LogP contribution >= 0.6 is 0 Å². The first-order valence-corrected chi connectivity index (χ1v) is 6.85. The van der Waals surface area contributed by atoms with Crippen LogP contribution in [0.25, 0.3) is 0 Å². The quantitative estimate of drug-likeness (QED) is 0.472. The molecule has 1 aromatic carbocycles. The summed E-state index contributed by atoms with van der Waals surface area (Å²) in [6, 6.07) is 5.01. The molecule has 110 valence electrons. The molecule has 6 heteroatoms. The lowest BCUT2D eigenvalue weighted by Gasteiger charge is -2.11. The molecule has 1 aliphatic rings. The van der Waals surface area contributed by atoms with E-state index in [9.17, 15) is 10.1 Å². The van der Waals surface area contributed by atoms with Crippen molar-refractivity contribution in [3.63, 3.8) is 0 Å². The van der Waals surface area contributed by atoms with E-state index in [1.165, 1.54) is 6.07 Å². The van der Waals surface area contributed by atoms with Crippen LogP contribution < -0.4 is 5.32 Å². The first-order valence-electron chi connectivity index (χ1n) is 6.85. The van der Waals surface area contributed by atoms with Gasteiger partial charge in [-0.2, -0.15) is 0 Å². The maximum absolute atomic E-state index is 10.7. The second-order valence-corrected chi connectivity index (χ2v) is 4.90. The summed E-state index contributed by atoms with van der Waals surface area (Å²) in [4.78, 5) is 10.3. The van der Waals surface area contributed by atoms with E-state index >= 15 is 0 Å². The SMILES string of the molecule is Cc1cc(NCCOCC2CCCO2)ccc1[N+](=O)[O-]. The normalized spacial score (nSPS) is 18.1. The van der Waals surface area contributed by atoms with Gasteiger partial charge in [0.25, 0.3) is 5.69 Å². The Labute approximate surface area is 118 Å². The van der Waals surface area contributed by atoms with E-state index in [1.54, 1.807) is 19.1 Å². The van der Waals surface area contributed by atoms with E-state index in [4.69, 9.17) is 9.47 Å². The van der Waals surface area contributed by atoms with Crippen LogP contribution in [0.3, 0.4) is 0 Å². The van der Waals surface area contributed by atoms with Gasteiger partial charge < -0.3 is 14.8 Å². The van der Waals surface area contributed by atoms with Crippen molar-refractivity contribution in [1.82, 2.24) is 0 Å². The molecule has 1 heterocycles. The fourth-order valence-electron chi connectivity index (χ4n) is 2.23. The Balaban J connectivity index is 1.68. The molecule has 0 bridgehead atoms. The average molecular weight is 280 g/mol. The van der Waals surface area contributed by atoms with Crippen LogP contribution in [0.2, 0.25) is 0 Å². The summed E-state index contributed by atoms with van der Waals surface area (Å²) in [6.07, 6.45) is 2.44. The Morgan fingerprint density at radius 3 is 3.05 bits per heavy atom. The summed E-state index contributed by atoms with van der Waals surface area (Å²) >= 11 is 0. The number of nitrogens with zero attached hydrogens (tertiary/aromatic N) is 1. The fourth-order valence-corrected chi connectivity index (χ4v) is 2.23. The van der Waals surface area contributed by atoms with Gasteiger partial charge >= 0.3 is 0 Å². The van der Waals surface area contributed by atoms with Gasteiger partial charge in [-0.05, 0) is 31.9 Å². The molecule has 1 aliphatic heterocycles. The van der Waals surface area contributed by atoms with E-state index < -0.39 is 0 Å². The van der Waals surface area contributed by atoms with Gasteiger partial charge in [0.1, 0.15) is 0 Å². The van der Waals surface area contributed by atoms with Crippen LogP contribution in [0, 0.1) is 17.0 Å². The molecular formula is C14H20N2O4. The topological polar surface area (TPSA) is 73.6 Å². The minimum atomic E-state index is -0.371. The molecule has 0 saturated carbocycles. The van der Waals surface area contributed by atoms with Gasteiger partial charge in [-0.3, -0.25) is 10.1 Å². The monoisotopic (exact) mass is 280 g/mol.